The monoisotopic (exact) mass is 301 g/mol. The Labute approximate surface area is 126 Å². The first-order valence-electron chi connectivity index (χ1n) is 6.45. The van der Waals surface area contributed by atoms with Crippen LogP contribution >= 0.6 is 11.6 Å². The average molecular weight is 302 g/mol. The molecule has 0 unspecified atom stereocenters. The van der Waals surface area contributed by atoms with Gasteiger partial charge in [-0.25, -0.2) is 14.3 Å². The van der Waals surface area contributed by atoms with Crippen molar-refractivity contribution in [1.29, 1.82) is 0 Å². The zero-order chi connectivity index (χ0) is 14.8. The number of esters is 1. The molecular weight excluding hydrogens is 290 g/mol. The molecule has 5 nitrogen and oxygen atoms in total. The number of aromatic nitrogens is 3. The Morgan fingerprint density at radius 2 is 2.00 bits per heavy atom. The van der Waals surface area contributed by atoms with Gasteiger partial charge in [0.2, 0.25) is 0 Å². The molecule has 0 aliphatic rings. The van der Waals surface area contributed by atoms with E-state index in [9.17, 15) is 4.79 Å². The molecule has 3 aromatic rings. The third-order valence-corrected chi connectivity index (χ3v) is 3.28. The minimum atomic E-state index is -0.417. The lowest BCUT2D eigenvalue weighted by atomic mass is 10.1. The van der Waals surface area contributed by atoms with Crippen molar-refractivity contribution in [3.8, 4) is 11.1 Å². The Morgan fingerprint density at radius 1 is 1.24 bits per heavy atom. The predicted octanol–water partition coefficient (Wildman–Crippen LogP) is 3.23. The highest BCUT2D eigenvalue weighted by Gasteiger charge is 2.15. The van der Waals surface area contributed by atoms with Crippen molar-refractivity contribution < 1.29 is 9.53 Å². The molecular formula is C15H12ClN3O2. The number of rotatable bonds is 3. The van der Waals surface area contributed by atoms with E-state index in [1.807, 2.05) is 30.5 Å². The smallest absolute Gasteiger partial charge is 0.343 e. The van der Waals surface area contributed by atoms with Crippen LogP contribution in [0.1, 0.15) is 17.3 Å². The van der Waals surface area contributed by atoms with Gasteiger partial charge in [0.25, 0.3) is 0 Å². The number of ether oxygens (including phenoxy) is 1. The van der Waals surface area contributed by atoms with Crippen LogP contribution in [-0.2, 0) is 4.74 Å². The van der Waals surface area contributed by atoms with E-state index in [1.165, 1.54) is 6.20 Å². The Balaban J connectivity index is 2.02. The van der Waals surface area contributed by atoms with E-state index in [4.69, 9.17) is 16.3 Å². The number of nitrogens with zero attached hydrogens (tertiary/aromatic N) is 3. The summed E-state index contributed by atoms with van der Waals surface area (Å²) < 4.78 is 6.54. The molecule has 21 heavy (non-hydrogen) atoms. The van der Waals surface area contributed by atoms with Gasteiger partial charge >= 0.3 is 5.97 Å². The third kappa shape index (κ3) is 2.60. The number of hydrogen-bond donors (Lipinski definition) is 0. The van der Waals surface area contributed by atoms with E-state index < -0.39 is 5.97 Å². The Kier molecular flexibility index (Phi) is 3.58. The van der Waals surface area contributed by atoms with Crippen LogP contribution < -0.4 is 0 Å². The maximum atomic E-state index is 11.8. The minimum Gasteiger partial charge on any atom is -0.462 e. The third-order valence-electron chi connectivity index (χ3n) is 3.03. The largest absolute Gasteiger partial charge is 0.462 e. The minimum absolute atomic E-state index is 0.318. The highest BCUT2D eigenvalue weighted by Crippen LogP contribution is 2.21. The molecule has 6 heteroatoms. The molecule has 0 N–H and O–H groups in total. The van der Waals surface area contributed by atoms with Crippen molar-refractivity contribution in [2.45, 2.75) is 6.92 Å². The SMILES string of the molecule is CCOC(=O)c1cnn2cc(-c3ccc(Cl)cc3)cnc12. The average Bonchev–Trinajstić information content (AvgIpc) is 2.91. The maximum absolute atomic E-state index is 11.8. The van der Waals surface area contributed by atoms with Crippen LogP contribution in [0.2, 0.25) is 5.02 Å². The van der Waals surface area contributed by atoms with Gasteiger partial charge < -0.3 is 4.74 Å². The van der Waals surface area contributed by atoms with Crippen LogP contribution in [0.25, 0.3) is 16.8 Å². The summed E-state index contributed by atoms with van der Waals surface area (Å²) in [6, 6.07) is 7.43. The second kappa shape index (κ2) is 5.54. The fourth-order valence-electron chi connectivity index (χ4n) is 2.02. The van der Waals surface area contributed by atoms with Crippen LogP contribution in [0.15, 0.2) is 42.9 Å². The van der Waals surface area contributed by atoms with Gasteiger partial charge in [0.15, 0.2) is 5.65 Å². The normalized spacial score (nSPS) is 10.8. The van der Waals surface area contributed by atoms with Gasteiger partial charge in [0.05, 0.1) is 12.8 Å². The molecule has 106 valence electrons. The Hall–Kier alpha value is -2.40. The number of carbonyl (C=O) groups excluding carboxylic acids is 1. The van der Waals surface area contributed by atoms with Crippen molar-refractivity contribution in [3.05, 3.63) is 53.4 Å². The lowest BCUT2D eigenvalue weighted by Gasteiger charge is -2.03. The zero-order valence-corrected chi connectivity index (χ0v) is 12.0. The van der Waals surface area contributed by atoms with Gasteiger partial charge in [-0.1, -0.05) is 23.7 Å². The predicted molar refractivity (Wildman–Crippen MR) is 79.4 cm³/mol. The van der Waals surface area contributed by atoms with E-state index in [0.717, 1.165) is 11.1 Å². The lowest BCUT2D eigenvalue weighted by Crippen LogP contribution is -2.04. The molecule has 0 radical (unpaired) electrons. The van der Waals surface area contributed by atoms with Crippen LogP contribution in [0.4, 0.5) is 0 Å². The number of benzene rings is 1. The first kappa shape index (κ1) is 13.6. The topological polar surface area (TPSA) is 56.5 Å². The van der Waals surface area contributed by atoms with Gasteiger partial charge in [0.1, 0.15) is 5.56 Å². The first-order chi connectivity index (χ1) is 10.2. The van der Waals surface area contributed by atoms with Crippen molar-refractivity contribution in [3.63, 3.8) is 0 Å². The summed E-state index contributed by atoms with van der Waals surface area (Å²) in [4.78, 5) is 16.1. The van der Waals surface area contributed by atoms with Crippen LogP contribution in [0, 0.1) is 0 Å². The number of carbonyl (C=O) groups is 1. The second-order valence-electron chi connectivity index (χ2n) is 4.40. The molecule has 2 heterocycles. The standard InChI is InChI=1S/C15H12ClN3O2/c1-2-21-15(20)13-8-18-19-9-11(7-17-14(13)19)10-3-5-12(16)6-4-10/h3-9H,2H2,1H3. The summed E-state index contributed by atoms with van der Waals surface area (Å²) in [7, 11) is 0. The highest BCUT2D eigenvalue weighted by atomic mass is 35.5. The molecule has 0 saturated carbocycles. The van der Waals surface area contributed by atoms with E-state index in [2.05, 4.69) is 10.1 Å². The molecule has 0 bridgehead atoms. The molecule has 0 aliphatic heterocycles. The van der Waals surface area contributed by atoms with Crippen molar-refractivity contribution >= 4 is 23.2 Å². The Bertz CT molecular complexity index is 796. The summed E-state index contributed by atoms with van der Waals surface area (Å²) in [6.45, 7) is 2.08. The molecule has 0 fully saturated rings. The van der Waals surface area contributed by atoms with Crippen molar-refractivity contribution in [2.24, 2.45) is 0 Å². The van der Waals surface area contributed by atoms with Gasteiger partial charge in [-0.2, -0.15) is 5.10 Å². The van der Waals surface area contributed by atoms with Crippen LogP contribution in [0.5, 0.6) is 0 Å². The van der Waals surface area contributed by atoms with Crippen LogP contribution in [-0.4, -0.2) is 27.2 Å². The summed E-state index contributed by atoms with van der Waals surface area (Å²) >= 11 is 5.88. The fourth-order valence-corrected chi connectivity index (χ4v) is 2.14. The summed E-state index contributed by atoms with van der Waals surface area (Å²) in [5.74, 6) is -0.417. The van der Waals surface area contributed by atoms with Gasteiger partial charge in [-0.05, 0) is 24.6 Å². The number of halogens is 1. The molecule has 1 aromatic carbocycles. The quantitative estimate of drug-likeness (QED) is 0.697. The summed E-state index contributed by atoms with van der Waals surface area (Å²) in [6.07, 6.45) is 4.98. The van der Waals surface area contributed by atoms with Gasteiger partial charge in [-0.15, -0.1) is 0 Å². The number of hydrogen-bond acceptors (Lipinski definition) is 4. The fraction of sp³-hybridized carbons (Fsp3) is 0.133. The molecule has 0 aliphatic carbocycles. The summed E-state index contributed by atoms with van der Waals surface area (Å²) in [5, 5.41) is 4.83. The van der Waals surface area contributed by atoms with E-state index in [0.29, 0.717) is 22.8 Å². The zero-order valence-electron chi connectivity index (χ0n) is 11.3. The van der Waals surface area contributed by atoms with E-state index in [-0.39, 0.29) is 0 Å². The van der Waals surface area contributed by atoms with Crippen molar-refractivity contribution in [2.75, 3.05) is 6.61 Å². The van der Waals surface area contributed by atoms with Crippen LogP contribution in [0.3, 0.4) is 0 Å². The lowest BCUT2D eigenvalue weighted by molar-refractivity contribution is 0.0528. The van der Waals surface area contributed by atoms with Gasteiger partial charge in [0, 0.05) is 23.0 Å². The molecule has 0 amide bonds. The molecule has 0 spiro atoms. The van der Waals surface area contributed by atoms with E-state index >= 15 is 0 Å². The second-order valence-corrected chi connectivity index (χ2v) is 4.83. The number of fused-ring (bicyclic) bond motifs is 1. The molecule has 2 aromatic heterocycles. The Morgan fingerprint density at radius 3 is 2.71 bits per heavy atom. The highest BCUT2D eigenvalue weighted by molar-refractivity contribution is 6.30. The molecule has 0 saturated heterocycles. The molecule has 0 atom stereocenters. The van der Waals surface area contributed by atoms with E-state index in [1.54, 1.807) is 17.6 Å². The van der Waals surface area contributed by atoms with Crippen molar-refractivity contribution in [1.82, 2.24) is 14.6 Å². The first-order valence-corrected chi connectivity index (χ1v) is 6.83. The maximum Gasteiger partial charge on any atom is 0.343 e. The molecule has 3 rings (SSSR count). The summed E-state index contributed by atoms with van der Waals surface area (Å²) in [5.41, 5.74) is 2.70. The van der Waals surface area contributed by atoms with Gasteiger partial charge in [-0.3, -0.25) is 0 Å².